The van der Waals surface area contributed by atoms with Crippen molar-refractivity contribution in [2.45, 2.75) is 95.6 Å². The van der Waals surface area contributed by atoms with Crippen molar-refractivity contribution in [2.24, 2.45) is 0 Å². The molecule has 0 spiro atoms. The van der Waals surface area contributed by atoms with Gasteiger partial charge in [0.1, 0.15) is 37.5 Å². The highest BCUT2D eigenvalue weighted by atomic mass is 28.3. The monoisotopic (exact) mass is 548 g/mol. The summed E-state index contributed by atoms with van der Waals surface area (Å²) in [6, 6.07) is 6.24. The standard InChI is InChI=1S/C26H44N4O5Si2/c1-26(2)34-23-19(15-22(31)24(23)35-26)20-9-10-21-25(27-16-28-30(20)21)29(17-32-11-13-36(3,4)5)18-33-12-14-37(6,7)8/h9-10,16,19,23-24H,11-15,17-18H2,1-8H3/t19-,23-,24+/m0/s1. The van der Waals surface area contributed by atoms with E-state index >= 15 is 0 Å². The second-order valence-corrected chi connectivity index (χ2v) is 24.4. The number of rotatable bonds is 12. The lowest BCUT2D eigenvalue weighted by atomic mass is 10.0. The van der Waals surface area contributed by atoms with Gasteiger partial charge in [0.2, 0.25) is 0 Å². The number of hydrogen-bond acceptors (Lipinski definition) is 8. The van der Waals surface area contributed by atoms with Gasteiger partial charge in [-0.15, -0.1) is 0 Å². The number of Topliss-reactive ketones (excluding diaryl/α,β-unsaturated/α-hetero) is 1. The number of ether oxygens (including phenoxy) is 4. The minimum Gasteiger partial charge on any atom is -0.361 e. The minimum atomic E-state index is -1.19. The van der Waals surface area contributed by atoms with E-state index in [-0.39, 0.29) is 17.8 Å². The molecule has 1 aliphatic heterocycles. The topological polar surface area (TPSA) is 87.4 Å². The van der Waals surface area contributed by atoms with Gasteiger partial charge in [-0.1, -0.05) is 39.3 Å². The number of hydrogen-bond donors (Lipinski definition) is 0. The van der Waals surface area contributed by atoms with Crippen molar-refractivity contribution in [1.82, 2.24) is 14.6 Å². The first-order valence-electron chi connectivity index (χ1n) is 13.4. The molecule has 0 amide bonds. The van der Waals surface area contributed by atoms with Gasteiger partial charge in [-0.2, -0.15) is 5.10 Å². The highest BCUT2D eigenvalue weighted by molar-refractivity contribution is 6.76. The molecule has 0 N–H and O–H groups in total. The molecule has 2 aromatic rings. The number of fused-ring (bicyclic) bond motifs is 2. The summed E-state index contributed by atoms with van der Waals surface area (Å²) in [5.41, 5.74) is 1.79. The summed E-state index contributed by atoms with van der Waals surface area (Å²) in [4.78, 5) is 19.4. The summed E-state index contributed by atoms with van der Waals surface area (Å²) in [5, 5.41) is 4.56. The molecule has 0 aromatic carbocycles. The molecule has 1 saturated heterocycles. The molecule has 3 atom stereocenters. The third-order valence-corrected chi connectivity index (χ3v) is 10.3. The Morgan fingerprint density at radius 3 is 2.24 bits per heavy atom. The second-order valence-electron chi connectivity index (χ2n) is 13.2. The van der Waals surface area contributed by atoms with Crippen LogP contribution in [0.2, 0.25) is 51.4 Å². The van der Waals surface area contributed by atoms with Crippen molar-refractivity contribution < 1.29 is 23.7 Å². The maximum absolute atomic E-state index is 12.7. The Morgan fingerprint density at radius 1 is 1.03 bits per heavy atom. The first kappa shape index (κ1) is 28.4. The maximum atomic E-state index is 12.7. The minimum absolute atomic E-state index is 0.0815. The Hall–Kier alpha value is -1.64. The Bertz CT molecular complexity index is 1070. The van der Waals surface area contributed by atoms with Gasteiger partial charge in [-0.05, 0) is 38.1 Å². The predicted octanol–water partition coefficient (Wildman–Crippen LogP) is 4.74. The number of ketones is 1. The molecule has 206 valence electrons. The van der Waals surface area contributed by atoms with Gasteiger partial charge in [0.15, 0.2) is 17.4 Å². The molecule has 2 aliphatic rings. The molecule has 2 aromatic heterocycles. The molecule has 2 fully saturated rings. The highest BCUT2D eigenvalue weighted by Gasteiger charge is 2.54. The van der Waals surface area contributed by atoms with Crippen LogP contribution in [0.4, 0.5) is 5.82 Å². The number of nitrogens with zero attached hydrogens (tertiary/aromatic N) is 4. The first-order chi connectivity index (χ1) is 17.2. The van der Waals surface area contributed by atoms with E-state index in [9.17, 15) is 4.79 Å². The van der Waals surface area contributed by atoms with Crippen molar-refractivity contribution in [3.63, 3.8) is 0 Å². The van der Waals surface area contributed by atoms with Crippen LogP contribution in [-0.2, 0) is 23.7 Å². The molecule has 3 heterocycles. The van der Waals surface area contributed by atoms with Gasteiger partial charge in [0, 0.05) is 47.4 Å². The van der Waals surface area contributed by atoms with E-state index in [1.807, 2.05) is 35.4 Å². The lowest BCUT2D eigenvalue weighted by Gasteiger charge is -2.26. The number of aromatic nitrogens is 3. The summed E-state index contributed by atoms with van der Waals surface area (Å²) in [6.45, 7) is 20.0. The van der Waals surface area contributed by atoms with Crippen molar-refractivity contribution in [1.29, 1.82) is 0 Å². The SMILES string of the molecule is CC1(C)O[C@@H]2[C@H](O1)C(=O)C[C@H]2c1ccc2c(N(COCC[Si](C)(C)C)COCC[Si](C)(C)C)ncnn12. The molecule has 0 unspecified atom stereocenters. The van der Waals surface area contributed by atoms with Gasteiger partial charge in [-0.25, -0.2) is 9.50 Å². The largest absolute Gasteiger partial charge is 0.361 e. The Morgan fingerprint density at radius 2 is 1.65 bits per heavy atom. The smallest absolute Gasteiger partial charge is 0.165 e. The van der Waals surface area contributed by atoms with E-state index in [2.05, 4.69) is 49.4 Å². The zero-order valence-corrected chi connectivity index (χ0v) is 25.7. The lowest BCUT2D eigenvalue weighted by molar-refractivity contribution is -0.160. The summed E-state index contributed by atoms with van der Waals surface area (Å²) in [5.74, 6) is -0.0576. The van der Waals surface area contributed by atoms with Crippen LogP contribution < -0.4 is 4.90 Å². The zero-order chi connectivity index (χ0) is 27.0. The average Bonchev–Trinajstić information content (AvgIpc) is 3.43. The van der Waals surface area contributed by atoms with E-state index in [1.54, 1.807) is 6.33 Å². The number of carbonyl (C=O) groups is 1. The summed E-state index contributed by atoms with van der Waals surface area (Å²) >= 11 is 0. The van der Waals surface area contributed by atoms with Crippen molar-refractivity contribution in [2.75, 3.05) is 31.6 Å². The first-order valence-corrected chi connectivity index (χ1v) is 20.8. The van der Waals surface area contributed by atoms with E-state index in [0.717, 1.165) is 42.3 Å². The van der Waals surface area contributed by atoms with E-state index in [0.29, 0.717) is 19.9 Å². The van der Waals surface area contributed by atoms with Crippen LogP contribution in [0.5, 0.6) is 0 Å². The van der Waals surface area contributed by atoms with Crippen LogP contribution in [0, 0.1) is 0 Å². The van der Waals surface area contributed by atoms with Crippen LogP contribution in [0.25, 0.3) is 5.52 Å². The van der Waals surface area contributed by atoms with Gasteiger partial charge in [0.05, 0.1) is 0 Å². The number of anilines is 1. The Labute approximate surface area is 222 Å². The third kappa shape index (κ3) is 7.07. The van der Waals surface area contributed by atoms with Crippen LogP contribution in [-0.4, -0.2) is 81.2 Å². The molecule has 1 saturated carbocycles. The normalized spacial score (nSPS) is 23.7. The van der Waals surface area contributed by atoms with Crippen molar-refractivity contribution in [3.05, 3.63) is 24.2 Å². The van der Waals surface area contributed by atoms with Crippen LogP contribution >= 0.6 is 0 Å². The van der Waals surface area contributed by atoms with Gasteiger partial charge < -0.3 is 23.8 Å². The van der Waals surface area contributed by atoms with Gasteiger partial charge in [-0.3, -0.25) is 4.79 Å². The molecule has 37 heavy (non-hydrogen) atoms. The van der Waals surface area contributed by atoms with E-state index in [1.165, 1.54) is 0 Å². The van der Waals surface area contributed by atoms with Crippen LogP contribution in [0.1, 0.15) is 31.9 Å². The van der Waals surface area contributed by atoms with Crippen LogP contribution in [0.15, 0.2) is 18.5 Å². The van der Waals surface area contributed by atoms with Crippen molar-refractivity contribution in [3.8, 4) is 0 Å². The molecule has 11 heteroatoms. The highest BCUT2D eigenvalue weighted by Crippen LogP contribution is 2.44. The third-order valence-electron chi connectivity index (χ3n) is 6.89. The zero-order valence-electron chi connectivity index (χ0n) is 23.7. The quantitative estimate of drug-likeness (QED) is 0.214. The van der Waals surface area contributed by atoms with E-state index in [4.69, 9.17) is 18.9 Å². The maximum Gasteiger partial charge on any atom is 0.165 e. The second kappa shape index (κ2) is 10.9. The molecular formula is C26H44N4O5Si2. The average molecular weight is 549 g/mol. The number of carbonyl (C=O) groups excluding carboxylic acids is 1. The molecule has 0 bridgehead atoms. The molecule has 9 nitrogen and oxygen atoms in total. The molecule has 1 aliphatic carbocycles. The fourth-order valence-electron chi connectivity index (χ4n) is 4.79. The van der Waals surface area contributed by atoms with Gasteiger partial charge >= 0.3 is 0 Å². The summed E-state index contributed by atoms with van der Waals surface area (Å²) in [6.07, 6.45) is 1.10. The Balaban J connectivity index is 1.55. The summed E-state index contributed by atoms with van der Waals surface area (Å²) in [7, 11) is -2.39. The Kier molecular flexibility index (Phi) is 8.32. The summed E-state index contributed by atoms with van der Waals surface area (Å²) < 4.78 is 26.2. The predicted molar refractivity (Wildman–Crippen MR) is 150 cm³/mol. The lowest BCUT2D eigenvalue weighted by Crippen LogP contribution is -2.33. The molecular weight excluding hydrogens is 504 g/mol. The van der Waals surface area contributed by atoms with Crippen LogP contribution in [0.3, 0.4) is 0 Å². The molecule has 4 rings (SSSR count). The molecule has 0 radical (unpaired) electrons. The van der Waals surface area contributed by atoms with Crippen molar-refractivity contribution >= 4 is 33.3 Å². The van der Waals surface area contributed by atoms with Gasteiger partial charge in [0.25, 0.3) is 0 Å². The van der Waals surface area contributed by atoms with E-state index < -0.39 is 28.0 Å². The fraction of sp³-hybridized carbons (Fsp3) is 0.731. The fourth-order valence-corrected chi connectivity index (χ4v) is 6.30.